The van der Waals surface area contributed by atoms with E-state index in [-0.39, 0.29) is 13.3 Å². The second-order valence-corrected chi connectivity index (χ2v) is 9.29. The van der Waals surface area contributed by atoms with Crippen molar-refractivity contribution in [2.75, 3.05) is 48.8 Å². The largest absolute Gasteiger partial charge is 0.369 e. The molecule has 2 N–H and O–H groups in total. The fourth-order valence-corrected chi connectivity index (χ4v) is 4.28. The average molecular weight is 576 g/mol. The van der Waals surface area contributed by atoms with Gasteiger partial charge >= 0.3 is 0 Å². The number of amides is 1. The number of fused-ring (bicyclic) bond motifs is 1. The Morgan fingerprint density at radius 2 is 1.83 bits per heavy atom. The molecule has 2 aromatic heterocycles. The van der Waals surface area contributed by atoms with Gasteiger partial charge in [0.2, 0.25) is 11.9 Å². The average Bonchev–Trinajstić information content (AvgIpc) is 2.98. The van der Waals surface area contributed by atoms with Crippen LogP contribution in [0.15, 0.2) is 73.7 Å². The van der Waals surface area contributed by atoms with Gasteiger partial charge in [-0.15, -0.1) is 0 Å². The van der Waals surface area contributed by atoms with Crippen LogP contribution in [-0.4, -0.2) is 59.0 Å². The Morgan fingerprint density at radius 1 is 1.05 bits per heavy atom. The SMILES string of the molecule is C.C=CC(=O)Nc1cc(Nc2ncc3cccc(-c4cncc(Cl)c4)c3n2)ccc1N(CC)CCN(C)CC.CC. The van der Waals surface area contributed by atoms with Crippen molar-refractivity contribution in [3.63, 3.8) is 0 Å². The molecule has 2 heterocycles. The molecule has 0 aliphatic carbocycles. The highest BCUT2D eigenvalue weighted by atomic mass is 35.5. The monoisotopic (exact) mass is 575 g/mol. The van der Waals surface area contributed by atoms with Crippen molar-refractivity contribution in [1.29, 1.82) is 0 Å². The fraction of sp³-hybridized carbons (Fsp3) is 0.312. The number of likely N-dealkylation sites (N-methyl/N-ethyl adjacent to an activating group) is 2. The highest BCUT2D eigenvalue weighted by Crippen LogP contribution is 2.32. The molecule has 8 nitrogen and oxygen atoms in total. The van der Waals surface area contributed by atoms with E-state index < -0.39 is 0 Å². The zero-order valence-corrected chi connectivity index (χ0v) is 24.7. The van der Waals surface area contributed by atoms with E-state index in [9.17, 15) is 4.79 Å². The number of aromatic nitrogens is 3. The smallest absolute Gasteiger partial charge is 0.247 e. The number of anilines is 4. The molecule has 0 radical (unpaired) electrons. The van der Waals surface area contributed by atoms with Crippen LogP contribution >= 0.6 is 11.6 Å². The third-order valence-corrected chi connectivity index (χ3v) is 6.54. The van der Waals surface area contributed by atoms with Gasteiger partial charge in [-0.25, -0.2) is 9.97 Å². The third-order valence-electron chi connectivity index (χ3n) is 6.34. The molecule has 0 unspecified atom stereocenters. The number of rotatable bonds is 11. The Labute approximate surface area is 249 Å². The molecule has 2 aromatic carbocycles. The lowest BCUT2D eigenvalue weighted by Crippen LogP contribution is -2.33. The first-order chi connectivity index (χ1) is 19.4. The Balaban J connectivity index is 0.00000192. The molecule has 0 spiro atoms. The molecular formula is C32H42ClN7O. The van der Waals surface area contributed by atoms with Crippen molar-refractivity contribution in [3.8, 4) is 11.1 Å². The van der Waals surface area contributed by atoms with E-state index in [0.29, 0.717) is 16.7 Å². The molecule has 0 bridgehead atoms. The molecule has 4 aromatic rings. The molecule has 0 atom stereocenters. The van der Waals surface area contributed by atoms with E-state index in [0.717, 1.165) is 59.6 Å². The predicted molar refractivity (Wildman–Crippen MR) is 175 cm³/mol. The summed E-state index contributed by atoms with van der Waals surface area (Å²) in [5, 5.41) is 7.71. The number of nitrogens with one attached hydrogen (secondary N) is 2. The lowest BCUT2D eigenvalue weighted by molar-refractivity contribution is -0.111. The Hall–Kier alpha value is -4.01. The molecule has 9 heteroatoms. The minimum atomic E-state index is -0.271. The van der Waals surface area contributed by atoms with Crippen LogP contribution in [0.4, 0.5) is 23.0 Å². The first kappa shape index (κ1) is 33.2. The molecule has 4 rings (SSSR count). The molecule has 0 fully saturated rings. The highest BCUT2D eigenvalue weighted by Gasteiger charge is 2.14. The van der Waals surface area contributed by atoms with Crippen LogP contribution in [-0.2, 0) is 4.79 Å². The molecule has 0 saturated heterocycles. The van der Waals surface area contributed by atoms with Gasteiger partial charge in [0.05, 0.1) is 21.9 Å². The van der Waals surface area contributed by atoms with Crippen LogP contribution in [0.25, 0.3) is 22.0 Å². The second-order valence-electron chi connectivity index (χ2n) is 8.85. The number of carbonyl (C=O) groups is 1. The van der Waals surface area contributed by atoms with Crippen LogP contribution in [0.5, 0.6) is 0 Å². The summed E-state index contributed by atoms with van der Waals surface area (Å²) in [5.74, 6) is 0.164. The standard InChI is InChI=1S/C29H32ClN7O.C2H6.CH4/c1-5-27(38)34-25-16-23(11-12-26(25)37(7-3)14-13-36(4)6-2)33-29-32-18-20-9-8-10-24(28(20)35-29)21-15-22(30)19-31-17-21;1-2;/h5,8-12,15-19H,1,6-7,13-14H2,2-4H3,(H,34,38)(H,32,33,35);1-2H3;1H4. The molecule has 218 valence electrons. The summed E-state index contributed by atoms with van der Waals surface area (Å²) in [6, 6.07) is 13.6. The van der Waals surface area contributed by atoms with Gasteiger partial charge in [-0.05, 0) is 50.9 Å². The van der Waals surface area contributed by atoms with Gasteiger partial charge in [-0.2, -0.15) is 0 Å². The Kier molecular flexibility index (Phi) is 13.2. The maximum Gasteiger partial charge on any atom is 0.247 e. The van der Waals surface area contributed by atoms with Crippen LogP contribution in [0.3, 0.4) is 0 Å². The summed E-state index contributed by atoms with van der Waals surface area (Å²) >= 11 is 6.18. The minimum Gasteiger partial charge on any atom is -0.369 e. The van der Waals surface area contributed by atoms with Gasteiger partial charge in [0.1, 0.15) is 0 Å². The van der Waals surface area contributed by atoms with Crippen molar-refractivity contribution in [3.05, 3.63) is 78.7 Å². The van der Waals surface area contributed by atoms with Crippen molar-refractivity contribution in [2.24, 2.45) is 0 Å². The van der Waals surface area contributed by atoms with Crippen molar-refractivity contribution in [1.82, 2.24) is 19.9 Å². The van der Waals surface area contributed by atoms with Gasteiger partial charge in [0.15, 0.2) is 0 Å². The molecular weight excluding hydrogens is 534 g/mol. The summed E-state index contributed by atoms with van der Waals surface area (Å²) in [7, 11) is 2.10. The van der Waals surface area contributed by atoms with Gasteiger partial charge in [0, 0.05) is 60.4 Å². The first-order valence-corrected chi connectivity index (χ1v) is 13.9. The van der Waals surface area contributed by atoms with Gasteiger partial charge in [-0.1, -0.05) is 64.6 Å². The van der Waals surface area contributed by atoms with Crippen LogP contribution in [0.1, 0.15) is 35.1 Å². The maximum absolute atomic E-state index is 12.3. The fourth-order valence-electron chi connectivity index (χ4n) is 4.11. The van der Waals surface area contributed by atoms with E-state index in [1.807, 2.05) is 56.3 Å². The van der Waals surface area contributed by atoms with Crippen molar-refractivity contribution < 1.29 is 4.79 Å². The predicted octanol–water partition coefficient (Wildman–Crippen LogP) is 7.65. The minimum absolute atomic E-state index is 0. The first-order valence-electron chi connectivity index (χ1n) is 13.6. The zero-order valence-electron chi connectivity index (χ0n) is 23.9. The number of hydrogen-bond donors (Lipinski definition) is 2. The van der Waals surface area contributed by atoms with Crippen molar-refractivity contribution in [2.45, 2.75) is 35.1 Å². The Morgan fingerprint density at radius 3 is 2.51 bits per heavy atom. The number of para-hydroxylation sites is 1. The maximum atomic E-state index is 12.3. The van der Waals surface area contributed by atoms with E-state index >= 15 is 0 Å². The summed E-state index contributed by atoms with van der Waals surface area (Å²) in [6.45, 7) is 15.4. The van der Waals surface area contributed by atoms with Gasteiger partial charge in [-0.3, -0.25) is 9.78 Å². The Bertz CT molecular complexity index is 1440. The quantitative estimate of drug-likeness (QED) is 0.178. The third kappa shape index (κ3) is 8.74. The number of halogens is 1. The van der Waals surface area contributed by atoms with Crippen molar-refractivity contribution >= 4 is 51.4 Å². The molecule has 41 heavy (non-hydrogen) atoms. The zero-order chi connectivity index (χ0) is 29.1. The van der Waals surface area contributed by atoms with Crippen LogP contribution < -0.4 is 15.5 Å². The summed E-state index contributed by atoms with van der Waals surface area (Å²) < 4.78 is 0. The lowest BCUT2D eigenvalue weighted by Gasteiger charge is -2.28. The topological polar surface area (TPSA) is 86.3 Å². The number of nitrogens with zero attached hydrogens (tertiary/aromatic N) is 5. The van der Waals surface area contributed by atoms with Gasteiger partial charge < -0.3 is 20.4 Å². The number of hydrogen-bond acceptors (Lipinski definition) is 7. The van der Waals surface area contributed by atoms with Gasteiger partial charge in [0.25, 0.3) is 0 Å². The van der Waals surface area contributed by atoms with Crippen LogP contribution in [0, 0.1) is 0 Å². The van der Waals surface area contributed by atoms with E-state index in [4.69, 9.17) is 16.6 Å². The van der Waals surface area contributed by atoms with E-state index in [1.165, 1.54) is 6.08 Å². The summed E-state index contributed by atoms with van der Waals surface area (Å²) in [4.78, 5) is 30.3. The molecule has 1 amide bonds. The normalized spacial score (nSPS) is 10.3. The number of benzene rings is 2. The summed E-state index contributed by atoms with van der Waals surface area (Å²) in [5.41, 5.74) is 4.94. The number of pyridine rings is 1. The second kappa shape index (κ2) is 16.3. The summed E-state index contributed by atoms with van der Waals surface area (Å²) in [6.07, 6.45) is 6.42. The molecule has 0 aliphatic heterocycles. The molecule has 0 aliphatic rings. The van der Waals surface area contributed by atoms with E-state index in [2.05, 4.69) is 57.9 Å². The van der Waals surface area contributed by atoms with Crippen LogP contribution in [0.2, 0.25) is 5.02 Å². The number of carbonyl (C=O) groups excluding carboxylic acids is 1. The lowest BCUT2D eigenvalue weighted by atomic mass is 10.0. The molecule has 0 saturated carbocycles. The highest BCUT2D eigenvalue weighted by molar-refractivity contribution is 6.30. The van der Waals surface area contributed by atoms with E-state index in [1.54, 1.807) is 18.6 Å².